The SMILES string of the molecule is COc1ccc2c(c1)C(O)C(C1CCCCN1)CC2. The average Bonchev–Trinajstić information content (AvgIpc) is 2.48. The summed E-state index contributed by atoms with van der Waals surface area (Å²) in [6.07, 6.45) is 5.54. The minimum Gasteiger partial charge on any atom is -0.497 e. The number of fused-ring (bicyclic) bond motifs is 1. The van der Waals surface area contributed by atoms with Gasteiger partial charge in [0.2, 0.25) is 0 Å². The van der Waals surface area contributed by atoms with E-state index in [1.807, 2.05) is 12.1 Å². The summed E-state index contributed by atoms with van der Waals surface area (Å²) in [7, 11) is 1.68. The van der Waals surface area contributed by atoms with Crippen LogP contribution in [0.3, 0.4) is 0 Å². The molecule has 1 aromatic carbocycles. The van der Waals surface area contributed by atoms with Gasteiger partial charge in [0.25, 0.3) is 0 Å². The largest absolute Gasteiger partial charge is 0.497 e. The number of hydrogen-bond acceptors (Lipinski definition) is 3. The van der Waals surface area contributed by atoms with Gasteiger partial charge in [-0.05, 0) is 55.5 Å². The van der Waals surface area contributed by atoms with E-state index in [0.717, 1.165) is 30.7 Å². The number of aliphatic hydroxyl groups excluding tert-OH is 1. The fourth-order valence-electron chi connectivity index (χ4n) is 3.58. The summed E-state index contributed by atoms with van der Waals surface area (Å²) >= 11 is 0. The Morgan fingerprint density at radius 3 is 2.89 bits per heavy atom. The van der Waals surface area contributed by atoms with Gasteiger partial charge in [0.15, 0.2) is 0 Å². The molecule has 0 radical (unpaired) electrons. The third kappa shape index (κ3) is 2.49. The van der Waals surface area contributed by atoms with Gasteiger partial charge in [0.05, 0.1) is 13.2 Å². The van der Waals surface area contributed by atoms with Crippen molar-refractivity contribution in [2.24, 2.45) is 5.92 Å². The number of piperidine rings is 1. The van der Waals surface area contributed by atoms with E-state index in [0.29, 0.717) is 12.0 Å². The number of aryl methyl sites for hydroxylation is 1. The van der Waals surface area contributed by atoms with Gasteiger partial charge in [-0.3, -0.25) is 0 Å². The van der Waals surface area contributed by atoms with Crippen LogP contribution in [-0.2, 0) is 6.42 Å². The molecule has 2 aliphatic rings. The Morgan fingerprint density at radius 2 is 2.16 bits per heavy atom. The van der Waals surface area contributed by atoms with Gasteiger partial charge in [-0.2, -0.15) is 0 Å². The minimum atomic E-state index is -0.352. The molecule has 0 spiro atoms. The predicted molar refractivity (Wildman–Crippen MR) is 75.4 cm³/mol. The Morgan fingerprint density at radius 1 is 1.26 bits per heavy atom. The summed E-state index contributed by atoms with van der Waals surface area (Å²) < 4.78 is 5.28. The minimum absolute atomic E-state index is 0.347. The first-order valence-electron chi connectivity index (χ1n) is 7.38. The van der Waals surface area contributed by atoms with Crippen molar-refractivity contribution in [3.05, 3.63) is 29.3 Å². The van der Waals surface area contributed by atoms with Gasteiger partial charge in [0, 0.05) is 12.0 Å². The highest BCUT2D eigenvalue weighted by Gasteiger charge is 2.34. The van der Waals surface area contributed by atoms with Crippen LogP contribution in [0.1, 0.15) is 42.9 Å². The van der Waals surface area contributed by atoms with Crippen LogP contribution < -0.4 is 10.1 Å². The number of rotatable bonds is 2. The van der Waals surface area contributed by atoms with E-state index < -0.39 is 0 Å². The van der Waals surface area contributed by atoms with E-state index in [4.69, 9.17) is 4.74 Å². The van der Waals surface area contributed by atoms with Gasteiger partial charge in [0.1, 0.15) is 5.75 Å². The van der Waals surface area contributed by atoms with Crippen LogP contribution in [0, 0.1) is 5.92 Å². The van der Waals surface area contributed by atoms with E-state index in [1.165, 1.54) is 24.8 Å². The molecular formula is C16H23NO2. The van der Waals surface area contributed by atoms with Crippen molar-refractivity contribution in [1.29, 1.82) is 0 Å². The van der Waals surface area contributed by atoms with E-state index in [1.54, 1.807) is 7.11 Å². The average molecular weight is 261 g/mol. The molecule has 1 fully saturated rings. The number of nitrogens with one attached hydrogen (secondary N) is 1. The smallest absolute Gasteiger partial charge is 0.119 e. The first kappa shape index (κ1) is 12.9. The van der Waals surface area contributed by atoms with Gasteiger partial charge >= 0.3 is 0 Å². The lowest BCUT2D eigenvalue weighted by Crippen LogP contribution is -2.43. The topological polar surface area (TPSA) is 41.5 Å². The fraction of sp³-hybridized carbons (Fsp3) is 0.625. The highest BCUT2D eigenvalue weighted by molar-refractivity contribution is 5.39. The molecular weight excluding hydrogens is 238 g/mol. The number of hydrogen-bond donors (Lipinski definition) is 2. The third-order valence-corrected chi connectivity index (χ3v) is 4.69. The lowest BCUT2D eigenvalue weighted by atomic mass is 9.75. The molecule has 3 heteroatoms. The molecule has 0 aromatic heterocycles. The van der Waals surface area contributed by atoms with Crippen LogP contribution in [0.2, 0.25) is 0 Å². The third-order valence-electron chi connectivity index (χ3n) is 4.69. The lowest BCUT2D eigenvalue weighted by molar-refractivity contribution is 0.0621. The Bertz CT molecular complexity index is 440. The van der Waals surface area contributed by atoms with Gasteiger partial charge in [-0.15, -0.1) is 0 Å². The molecule has 1 aliphatic heterocycles. The van der Waals surface area contributed by atoms with Crippen molar-refractivity contribution in [2.45, 2.75) is 44.2 Å². The molecule has 1 saturated heterocycles. The van der Waals surface area contributed by atoms with Crippen LogP contribution in [0.15, 0.2) is 18.2 Å². The maximum Gasteiger partial charge on any atom is 0.119 e. The monoisotopic (exact) mass is 261 g/mol. The van der Waals surface area contributed by atoms with Crippen molar-refractivity contribution < 1.29 is 9.84 Å². The molecule has 0 amide bonds. The summed E-state index contributed by atoms with van der Waals surface area (Å²) in [5, 5.41) is 14.3. The zero-order valence-electron chi connectivity index (χ0n) is 11.6. The van der Waals surface area contributed by atoms with E-state index in [9.17, 15) is 5.11 Å². The number of ether oxygens (including phenoxy) is 1. The molecule has 1 heterocycles. The molecule has 1 aliphatic carbocycles. The second-order valence-electron chi connectivity index (χ2n) is 5.77. The van der Waals surface area contributed by atoms with Crippen molar-refractivity contribution in [2.75, 3.05) is 13.7 Å². The molecule has 1 aromatic rings. The maximum atomic E-state index is 10.7. The molecule has 3 atom stereocenters. The lowest BCUT2D eigenvalue weighted by Gasteiger charge is -2.38. The second kappa shape index (κ2) is 5.51. The number of benzene rings is 1. The quantitative estimate of drug-likeness (QED) is 0.859. The van der Waals surface area contributed by atoms with Gasteiger partial charge < -0.3 is 15.2 Å². The summed E-state index contributed by atoms with van der Waals surface area (Å²) in [6, 6.07) is 6.57. The van der Waals surface area contributed by atoms with Crippen LogP contribution in [0.25, 0.3) is 0 Å². The molecule has 104 valence electrons. The normalized spacial score (nSPS) is 30.7. The first-order valence-corrected chi connectivity index (χ1v) is 7.38. The van der Waals surface area contributed by atoms with Crippen molar-refractivity contribution >= 4 is 0 Å². The zero-order valence-corrected chi connectivity index (χ0v) is 11.6. The van der Waals surface area contributed by atoms with Crippen molar-refractivity contribution in [3.63, 3.8) is 0 Å². The summed E-state index contributed by atoms with van der Waals surface area (Å²) in [5.74, 6) is 1.19. The molecule has 0 saturated carbocycles. The molecule has 3 nitrogen and oxygen atoms in total. The number of aliphatic hydroxyl groups is 1. The Hall–Kier alpha value is -1.06. The first-order chi connectivity index (χ1) is 9.29. The summed E-state index contributed by atoms with van der Waals surface area (Å²) in [6.45, 7) is 1.10. The molecule has 2 N–H and O–H groups in total. The van der Waals surface area contributed by atoms with Gasteiger partial charge in [-0.25, -0.2) is 0 Å². The highest BCUT2D eigenvalue weighted by Crippen LogP contribution is 2.39. The molecule has 3 unspecified atom stereocenters. The van der Waals surface area contributed by atoms with Crippen molar-refractivity contribution in [3.8, 4) is 5.75 Å². The standard InChI is InChI=1S/C16H23NO2/c1-19-12-7-5-11-6-8-13(16(18)14(11)10-12)15-4-2-3-9-17-15/h5,7,10,13,15-18H,2-4,6,8-9H2,1H3. The second-order valence-corrected chi connectivity index (χ2v) is 5.77. The van der Waals surface area contributed by atoms with Crippen LogP contribution in [0.4, 0.5) is 0 Å². The van der Waals surface area contributed by atoms with Crippen LogP contribution >= 0.6 is 0 Å². The van der Waals surface area contributed by atoms with E-state index in [-0.39, 0.29) is 6.10 Å². The molecule has 0 bridgehead atoms. The Kier molecular flexibility index (Phi) is 3.76. The Labute approximate surface area is 115 Å². The zero-order chi connectivity index (χ0) is 13.2. The highest BCUT2D eigenvalue weighted by atomic mass is 16.5. The fourth-order valence-corrected chi connectivity index (χ4v) is 3.58. The number of methoxy groups -OCH3 is 1. The molecule has 3 rings (SSSR count). The van der Waals surface area contributed by atoms with Crippen molar-refractivity contribution in [1.82, 2.24) is 5.32 Å². The van der Waals surface area contributed by atoms with Crippen LogP contribution in [0.5, 0.6) is 5.75 Å². The van der Waals surface area contributed by atoms with Crippen LogP contribution in [-0.4, -0.2) is 24.8 Å². The predicted octanol–water partition coefficient (Wildman–Crippen LogP) is 2.43. The Balaban J connectivity index is 1.83. The molecule has 19 heavy (non-hydrogen) atoms. The summed E-state index contributed by atoms with van der Waals surface area (Å²) in [4.78, 5) is 0. The summed E-state index contributed by atoms with van der Waals surface area (Å²) in [5.41, 5.74) is 2.35. The van der Waals surface area contributed by atoms with Gasteiger partial charge in [-0.1, -0.05) is 12.5 Å². The maximum absolute atomic E-state index is 10.7. The van der Waals surface area contributed by atoms with E-state index >= 15 is 0 Å². The van der Waals surface area contributed by atoms with E-state index in [2.05, 4.69) is 11.4 Å².